The van der Waals surface area contributed by atoms with Crippen molar-refractivity contribution in [2.75, 3.05) is 0 Å². The molecule has 0 spiro atoms. The lowest BCUT2D eigenvalue weighted by Gasteiger charge is -2.02. The van der Waals surface area contributed by atoms with E-state index in [1.165, 1.54) is 35.3 Å². The lowest BCUT2D eigenvalue weighted by molar-refractivity contribution is -0.394. The Labute approximate surface area is 124 Å². The van der Waals surface area contributed by atoms with E-state index in [-0.39, 0.29) is 12.3 Å². The summed E-state index contributed by atoms with van der Waals surface area (Å²) in [5, 5.41) is 27.1. The minimum Gasteiger partial charge on any atom is -0.508 e. The zero-order chi connectivity index (χ0) is 16.1. The Kier molecular flexibility index (Phi) is 4.41. The fraction of sp³-hybridized carbons (Fsp3) is 0.167. The average Bonchev–Trinajstić information content (AvgIpc) is 2.94. The number of amides is 1. The van der Waals surface area contributed by atoms with Gasteiger partial charge in [-0.25, -0.2) is 5.43 Å². The number of aromatic hydroxyl groups is 1. The van der Waals surface area contributed by atoms with Gasteiger partial charge < -0.3 is 15.2 Å². The molecule has 0 saturated carbocycles. The quantitative estimate of drug-likeness (QED) is 0.474. The molecule has 2 rings (SSSR count). The fourth-order valence-corrected chi connectivity index (χ4v) is 1.54. The van der Waals surface area contributed by atoms with E-state index < -0.39 is 16.8 Å². The topological polar surface area (TPSA) is 136 Å². The summed E-state index contributed by atoms with van der Waals surface area (Å²) in [5.41, 5.74) is 3.16. The highest BCUT2D eigenvalue weighted by atomic mass is 16.6. The van der Waals surface area contributed by atoms with E-state index in [0.29, 0.717) is 11.3 Å². The van der Waals surface area contributed by atoms with Gasteiger partial charge in [-0.15, -0.1) is 0 Å². The molecule has 10 heteroatoms. The van der Waals surface area contributed by atoms with Crippen LogP contribution in [0.1, 0.15) is 17.3 Å². The van der Waals surface area contributed by atoms with Crippen molar-refractivity contribution in [3.8, 4) is 5.75 Å². The van der Waals surface area contributed by atoms with E-state index in [1.807, 2.05) is 0 Å². The number of hydrogen-bond donors (Lipinski definition) is 2. The van der Waals surface area contributed by atoms with E-state index in [1.54, 1.807) is 6.92 Å². The van der Waals surface area contributed by atoms with E-state index in [4.69, 9.17) is 5.11 Å². The van der Waals surface area contributed by atoms with Gasteiger partial charge in [0.2, 0.25) is 6.33 Å². The van der Waals surface area contributed by atoms with Gasteiger partial charge in [-0.1, -0.05) is 4.98 Å². The Morgan fingerprint density at radius 1 is 1.45 bits per heavy atom. The molecule has 0 aliphatic rings. The SMILES string of the molecule is C/C(Cn1cnc([N+](=O)[O-])n1)=N/NC(=O)c1ccc(O)cc1. The van der Waals surface area contributed by atoms with Crippen molar-refractivity contribution in [2.24, 2.45) is 5.10 Å². The number of aromatic nitrogens is 3. The number of hydrogen-bond acceptors (Lipinski definition) is 7. The number of nitrogens with one attached hydrogen (secondary N) is 1. The number of nitro groups is 1. The molecule has 2 N–H and O–H groups in total. The molecule has 0 aliphatic heterocycles. The van der Waals surface area contributed by atoms with Crippen LogP contribution in [0.25, 0.3) is 0 Å². The lowest BCUT2D eigenvalue weighted by atomic mass is 10.2. The number of benzene rings is 1. The van der Waals surface area contributed by atoms with Crippen molar-refractivity contribution in [1.29, 1.82) is 0 Å². The standard InChI is InChI=1S/C12H12N6O4/c1-8(6-17-7-13-12(16-17)18(21)22)14-15-11(20)9-2-4-10(19)5-3-9/h2-5,7,19H,6H2,1H3,(H,15,20)/b14-8-. The summed E-state index contributed by atoms with van der Waals surface area (Å²) >= 11 is 0. The maximum absolute atomic E-state index is 11.8. The first kappa shape index (κ1) is 15.1. The van der Waals surface area contributed by atoms with Crippen molar-refractivity contribution >= 4 is 17.6 Å². The van der Waals surface area contributed by atoms with Crippen LogP contribution in [0.3, 0.4) is 0 Å². The Morgan fingerprint density at radius 3 is 2.73 bits per heavy atom. The average molecular weight is 304 g/mol. The second-order valence-corrected chi connectivity index (χ2v) is 4.33. The van der Waals surface area contributed by atoms with Crippen molar-refractivity contribution in [1.82, 2.24) is 20.2 Å². The van der Waals surface area contributed by atoms with Crippen molar-refractivity contribution in [2.45, 2.75) is 13.5 Å². The predicted octanol–water partition coefficient (Wildman–Crippen LogP) is 0.698. The van der Waals surface area contributed by atoms with Crippen LogP contribution in [0.4, 0.5) is 5.95 Å². The molecule has 1 aromatic heterocycles. The van der Waals surface area contributed by atoms with Gasteiger partial charge in [-0.2, -0.15) is 9.78 Å². The van der Waals surface area contributed by atoms with Gasteiger partial charge in [-0.05, 0) is 36.1 Å². The number of carbonyl (C=O) groups is 1. The first-order valence-corrected chi connectivity index (χ1v) is 6.12. The second-order valence-electron chi connectivity index (χ2n) is 4.33. The molecule has 0 bridgehead atoms. The predicted molar refractivity (Wildman–Crippen MR) is 75.4 cm³/mol. The summed E-state index contributed by atoms with van der Waals surface area (Å²) < 4.78 is 1.24. The molecular weight excluding hydrogens is 292 g/mol. The Hall–Kier alpha value is -3.30. The summed E-state index contributed by atoms with van der Waals surface area (Å²) in [5.74, 6) is -0.881. The summed E-state index contributed by atoms with van der Waals surface area (Å²) in [6, 6.07) is 5.69. The molecule has 0 unspecified atom stereocenters. The first-order chi connectivity index (χ1) is 10.5. The number of carbonyl (C=O) groups excluding carboxylic acids is 1. The fourth-order valence-electron chi connectivity index (χ4n) is 1.54. The van der Waals surface area contributed by atoms with Crippen LogP contribution in [0.5, 0.6) is 5.75 Å². The highest BCUT2D eigenvalue weighted by Gasteiger charge is 2.13. The van der Waals surface area contributed by atoms with Crippen LogP contribution >= 0.6 is 0 Å². The van der Waals surface area contributed by atoms with Crippen LogP contribution in [-0.2, 0) is 6.54 Å². The van der Waals surface area contributed by atoms with Crippen LogP contribution < -0.4 is 5.43 Å². The van der Waals surface area contributed by atoms with Crippen LogP contribution in [0, 0.1) is 10.1 Å². The molecule has 22 heavy (non-hydrogen) atoms. The van der Waals surface area contributed by atoms with Crippen LogP contribution in [0.15, 0.2) is 35.7 Å². The largest absolute Gasteiger partial charge is 0.508 e. The zero-order valence-corrected chi connectivity index (χ0v) is 11.5. The highest BCUT2D eigenvalue weighted by molar-refractivity contribution is 5.95. The normalized spacial score (nSPS) is 11.2. The minimum atomic E-state index is -0.699. The van der Waals surface area contributed by atoms with Gasteiger partial charge in [0, 0.05) is 10.7 Å². The Balaban J connectivity index is 1.95. The third kappa shape index (κ3) is 3.85. The summed E-state index contributed by atoms with van der Waals surface area (Å²) in [6.07, 6.45) is 1.21. The number of hydrazone groups is 1. The number of phenols is 1. The van der Waals surface area contributed by atoms with Crippen molar-refractivity contribution in [3.05, 3.63) is 46.3 Å². The third-order valence-electron chi connectivity index (χ3n) is 2.56. The van der Waals surface area contributed by atoms with Crippen molar-refractivity contribution < 1.29 is 14.8 Å². The van der Waals surface area contributed by atoms with E-state index >= 15 is 0 Å². The molecule has 114 valence electrons. The van der Waals surface area contributed by atoms with Gasteiger partial charge in [0.25, 0.3) is 5.91 Å². The smallest absolute Gasteiger partial charge is 0.490 e. The molecule has 1 heterocycles. The molecule has 2 aromatic rings. The number of nitrogens with zero attached hydrogens (tertiary/aromatic N) is 5. The van der Waals surface area contributed by atoms with E-state index in [0.717, 1.165) is 0 Å². The highest BCUT2D eigenvalue weighted by Crippen LogP contribution is 2.09. The van der Waals surface area contributed by atoms with Gasteiger partial charge in [0.1, 0.15) is 5.75 Å². The Bertz CT molecular complexity index is 721. The summed E-state index contributed by atoms with van der Waals surface area (Å²) in [4.78, 5) is 25.0. The van der Waals surface area contributed by atoms with E-state index in [2.05, 4.69) is 20.6 Å². The molecule has 0 fully saturated rings. The molecule has 0 radical (unpaired) electrons. The maximum atomic E-state index is 11.8. The molecule has 10 nitrogen and oxygen atoms in total. The van der Waals surface area contributed by atoms with Crippen LogP contribution in [-0.4, -0.2) is 36.4 Å². The molecule has 1 aromatic carbocycles. The third-order valence-corrected chi connectivity index (χ3v) is 2.56. The number of phenolic OH excluding ortho intramolecular Hbond substituents is 1. The number of rotatable bonds is 5. The Morgan fingerprint density at radius 2 is 2.14 bits per heavy atom. The molecule has 1 amide bonds. The first-order valence-electron chi connectivity index (χ1n) is 6.12. The van der Waals surface area contributed by atoms with Gasteiger partial charge in [0.05, 0.1) is 12.3 Å². The minimum absolute atomic E-state index is 0.0593. The van der Waals surface area contributed by atoms with Gasteiger partial charge in [0.15, 0.2) is 0 Å². The van der Waals surface area contributed by atoms with Gasteiger partial charge >= 0.3 is 5.95 Å². The molecule has 0 saturated heterocycles. The molecule has 0 atom stereocenters. The summed E-state index contributed by atoms with van der Waals surface area (Å²) in [7, 11) is 0. The summed E-state index contributed by atoms with van der Waals surface area (Å²) in [6.45, 7) is 1.78. The van der Waals surface area contributed by atoms with E-state index in [9.17, 15) is 14.9 Å². The monoisotopic (exact) mass is 304 g/mol. The van der Waals surface area contributed by atoms with Crippen LogP contribution in [0.2, 0.25) is 0 Å². The molecular formula is C12H12N6O4. The maximum Gasteiger partial charge on any atom is 0.490 e. The second kappa shape index (κ2) is 6.43. The molecule has 0 aliphatic carbocycles. The van der Waals surface area contributed by atoms with Crippen molar-refractivity contribution in [3.63, 3.8) is 0 Å². The lowest BCUT2D eigenvalue weighted by Crippen LogP contribution is -2.20. The zero-order valence-electron chi connectivity index (χ0n) is 11.5. The van der Waals surface area contributed by atoms with Gasteiger partial charge in [-0.3, -0.25) is 4.79 Å².